The number of ether oxygens (including phenoxy) is 1. The molecular weight excluding hydrogens is 190 g/mol. The van der Waals surface area contributed by atoms with Crippen molar-refractivity contribution >= 4 is 5.97 Å². The van der Waals surface area contributed by atoms with Crippen LogP contribution in [0.25, 0.3) is 0 Å². The number of nitrogens with one attached hydrogen (secondary N) is 1. The zero-order chi connectivity index (χ0) is 10.9. The first kappa shape index (κ1) is 10.2. The molecule has 80 valence electrons. The second kappa shape index (κ2) is 3.66. The zero-order valence-electron chi connectivity index (χ0n) is 8.99. The molecular formula is C12H15NO2. The average molecular weight is 205 g/mol. The number of methoxy groups -OCH3 is 1. The van der Waals surface area contributed by atoms with E-state index in [-0.39, 0.29) is 11.9 Å². The summed E-state index contributed by atoms with van der Waals surface area (Å²) in [4.78, 5) is 11.6. The smallest absolute Gasteiger partial charge is 0.326 e. The molecule has 0 heterocycles. The average Bonchev–Trinajstić information content (AvgIpc) is 3.05. The Morgan fingerprint density at radius 2 is 2.13 bits per heavy atom. The van der Waals surface area contributed by atoms with E-state index in [2.05, 4.69) is 5.32 Å². The van der Waals surface area contributed by atoms with Crippen molar-refractivity contribution in [1.29, 1.82) is 0 Å². The highest BCUT2D eigenvalue weighted by atomic mass is 16.5. The van der Waals surface area contributed by atoms with Crippen molar-refractivity contribution in [2.45, 2.75) is 17.9 Å². The molecule has 0 aliphatic heterocycles. The number of rotatable bonds is 3. The summed E-state index contributed by atoms with van der Waals surface area (Å²) in [7, 11) is 3.24. The van der Waals surface area contributed by atoms with Gasteiger partial charge in [-0.2, -0.15) is 0 Å². The Kier molecular flexibility index (Phi) is 2.49. The molecule has 1 aromatic rings. The van der Waals surface area contributed by atoms with Crippen LogP contribution in [0, 0.1) is 0 Å². The Hall–Kier alpha value is -1.35. The minimum Gasteiger partial charge on any atom is -0.468 e. The van der Waals surface area contributed by atoms with Crippen molar-refractivity contribution in [3.63, 3.8) is 0 Å². The molecule has 1 aliphatic carbocycles. The third-order valence-electron chi connectivity index (χ3n) is 3.16. The number of likely N-dealkylation sites (N-methyl/N-ethyl adjacent to an activating group) is 1. The summed E-state index contributed by atoms with van der Waals surface area (Å²) in [6.07, 6.45) is 0.820. The van der Waals surface area contributed by atoms with Crippen molar-refractivity contribution in [1.82, 2.24) is 5.32 Å². The standard InChI is InChI=1S/C12H15NO2/c1-13-12(11(14)15-2)8-10(12)9-6-4-3-5-7-9/h3-7,10,13H,8H2,1-2H3/t10-,12-/m1/s1. The SMILES string of the molecule is CN[C@]1(C(=O)OC)C[C@@H]1c1ccccc1. The molecule has 2 rings (SSSR count). The van der Waals surface area contributed by atoms with Gasteiger partial charge in [-0.1, -0.05) is 30.3 Å². The lowest BCUT2D eigenvalue weighted by Gasteiger charge is -2.13. The van der Waals surface area contributed by atoms with Crippen molar-refractivity contribution in [2.24, 2.45) is 0 Å². The highest BCUT2D eigenvalue weighted by molar-refractivity contribution is 5.86. The number of hydrogen-bond donors (Lipinski definition) is 1. The van der Waals surface area contributed by atoms with Crippen LogP contribution in [0.2, 0.25) is 0 Å². The molecule has 0 amide bonds. The fourth-order valence-electron chi connectivity index (χ4n) is 2.14. The molecule has 1 saturated carbocycles. The number of carbonyl (C=O) groups excluding carboxylic acids is 1. The first-order valence-electron chi connectivity index (χ1n) is 5.07. The second-order valence-corrected chi connectivity index (χ2v) is 3.88. The van der Waals surface area contributed by atoms with Crippen LogP contribution in [0.15, 0.2) is 30.3 Å². The summed E-state index contributed by atoms with van der Waals surface area (Å²) in [6.45, 7) is 0. The molecule has 0 aromatic heterocycles. The summed E-state index contributed by atoms with van der Waals surface area (Å²) < 4.78 is 4.82. The van der Waals surface area contributed by atoms with Gasteiger partial charge in [-0.3, -0.25) is 4.79 Å². The molecule has 3 heteroatoms. The van der Waals surface area contributed by atoms with Gasteiger partial charge < -0.3 is 10.1 Å². The van der Waals surface area contributed by atoms with Crippen LogP contribution in [0.3, 0.4) is 0 Å². The maximum Gasteiger partial charge on any atom is 0.326 e. The summed E-state index contributed by atoms with van der Waals surface area (Å²) in [5, 5.41) is 3.08. The molecule has 0 saturated heterocycles. The molecule has 0 spiro atoms. The number of benzene rings is 1. The van der Waals surface area contributed by atoms with Gasteiger partial charge in [-0.15, -0.1) is 0 Å². The molecule has 0 radical (unpaired) electrons. The van der Waals surface area contributed by atoms with E-state index in [9.17, 15) is 4.79 Å². The predicted octanol–water partition coefficient (Wildman–Crippen LogP) is 1.31. The lowest BCUT2D eigenvalue weighted by Crippen LogP contribution is -2.39. The Morgan fingerprint density at radius 3 is 2.67 bits per heavy atom. The summed E-state index contributed by atoms with van der Waals surface area (Å²) in [6, 6.07) is 10.1. The van der Waals surface area contributed by atoms with Crippen LogP contribution in [-0.2, 0) is 9.53 Å². The quantitative estimate of drug-likeness (QED) is 0.756. The van der Waals surface area contributed by atoms with Crippen LogP contribution in [0.4, 0.5) is 0 Å². The molecule has 3 nitrogen and oxygen atoms in total. The van der Waals surface area contributed by atoms with E-state index in [0.29, 0.717) is 0 Å². The van der Waals surface area contributed by atoms with Gasteiger partial charge in [0.2, 0.25) is 0 Å². The topological polar surface area (TPSA) is 38.3 Å². The van der Waals surface area contributed by atoms with Gasteiger partial charge >= 0.3 is 5.97 Å². The molecule has 0 unspecified atom stereocenters. The Morgan fingerprint density at radius 1 is 1.47 bits per heavy atom. The highest BCUT2D eigenvalue weighted by Gasteiger charge is 2.60. The fourth-order valence-corrected chi connectivity index (χ4v) is 2.14. The minimum absolute atomic E-state index is 0.168. The van der Waals surface area contributed by atoms with Gasteiger partial charge in [-0.05, 0) is 19.0 Å². The lowest BCUT2D eigenvalue weighted by molar-refractivity contribution is -0.144. The van der Waals surface area contributed by atoms with E-state index in [1.54, 1.807) is 7.05 Å². The third kappa shape index (κ3) is 1.53. The predicted molar refractivity (Wildman–Crippen MR) is 57.6 cm³/mol. The zero-order valence-corrected chi connectivity index (χ0v) is 8.99. The Balaban J connectivity index is 2.20. The summed E-state index contributed by atoms with van der Waals surface area (Å²) in [5.74, 6) is 0.0787. The van der Waals surface area contributed by atoms with Crippen molar-refractivity contribution < 1.29 is 9.53 Å². The van der Waals surface area contributed by atoms with Crippen molar-refractivity contribution in [2.75, 3.05) is 14.2 Å². The fraction of sp³-hybridized carbons (Fsp3) is 0.417. The molecule has 1 fully saturated rings. The van der Waals surface area contributed by atoms with E-state index >= 15 is 0 Å². The van der Waals surface area contributed by atoms with Gasteiger partial charge in [0, 0.05) is 5.92 Å². The van der Waals surface area contributed by atoms with E-state index < -0.39 is 5.54 Å². The molecule has 0 bridgehead atoms. The van der Waals surface area contributed by atoms with Crippen LogP contribution in [0.1, 0.15) is 17.9 Å². The van der Waals surface area contributed by atoms with E-state index in [0.717, 1.165) is 6.42 Å². The van der Waals surface area contributed by atoms with Gasteiger partial charge in [0.15, 0.2) is 0 Å². The highest BCUT2D eigenvalue weighted by Crippen LogP contribution is 2.51. The van der Waals surface area contributed by atoms with Crippen LogP contribution < -0.4 is 5.32 Å². The Labute approximate surface area is 89.4 Å². The van der Waals surface area contributed by atoms with Gasteiger partial charge in [0.1, 0.15) is 5.54 Å². The lowest BCUT2D eigenvalue weighted by atomic mass is 10.1. The first-order chi connectivity index (χ1) is 7.24. The maximum atomic E-state index is 11.6. The van der Waals surface area contributed by atoms with Crippen molar-refractivity contribution in [3.8, 4) is 0 Å². The van der Waals surface area contributed by atoms with Gasteiger partial charge in [-0.25, -0.2) is 0 Å². The largest absolute Gasteiger partial charge is 0.468 e. The Bertz CT molecular complexity index is 363. The molecule has 1 aromatic carbocycles. The third-order valence-corrected chi connectivity index (χ3v) is 3.16. The first-order valence-corrected chi connectivity index (χ1v) is 5.07. The van der Waals surface area contributed by atoms with E-state index in [4.69, 9.17) is 4.74 Å². The van der Waals surface area contributed by atoms with Gasteiger partial charge in [0.25, 0.3) is 0 Å². The summed E-state index contributed by atoms with van der Waals surface area (Å²) >= 11 is 0. The number of carbonyl (C=O) groups is 1. The van der Waals surface area contributed by atoms with Crippen LogP contribution in [-0.4, -0.2) is 25.7 Å². The van der Waals surface area contributed by atoms with Crippen molar-refractivity contribution in [3.05, 3.63) is 35.9 Å². The molecule has 2 atom stereocenters. The number of hydrogen-bond acceptors (Lipinski definition) is 3. The maximum absolute atomic E-state index is 11.6. The monoisotopic (exact) mass is 205 g/mol. The van der Waals surface area contributed by atoms with Crippen LogP contribution >= 0.6 is 0 Å². The minimum atomic E-state index is -0.490. The molecule has 1 N–H and O–H groups in total. The van der Waals surface area contributed by atoms with Crippen LogP contribution in [0.5, 0.6) is 0 Å². The van der Waals surface area contributed by atoms with E-state index in [1.165, 1.54) is 12.7 Å². The molecule has 15 heavy (non-hydrogen) atoms. The van der Waals surface area contributed by atoms with E-state index in [1.807, 2.05) is 30.3 Å². The normalized spacial score (nSPS) is 28.5. The molecule has 1 aliphatic rings. The number of esters is 1. The van der Waals surface area contributed by atoms with Gasteiger partial charge in [0.05, 0.1) is 7.11 Å². The second-order valence-electron chi connectivity index (χ2n) is 3.88. The summed E-state index contributed by atoms with van der Waals surface area (Å²) in [5.41, 5.74) is 0.702.